The van der Waals surface area contributed by atoms with Crippen LogP contribution in [0.2, 0.25) is 0 Å². The van der Waals surface area contributed by atoms with Crippen molar-refractivity contribution in [1.82, 2.24) is 15.6 Å². The number of aliphatic hydroxyl groups excluding tert-OH is 1. The predicted molar refractivity (Wildman–Crippen MR) is 119 cm³/mol. The Morgan fingerprint density at radius 1 is 1.06 bits per heavy atom. The molecule has 0 spiro atoms. The normalized spacial score (nSPS) is 13.0. The number of carboxylic acid groups (broad SMARTS) is 1. The number of rotatable bonds is 9. The zero-order valence-corrected chi connectivity index (χ0v) is 18.1. The summed E-state index contributed by atoms with van der Waals surface area (Å²) in [6, 6.07) is 14.7. The first-order valence-corrected chi connectivity index (χ1v) is 10.6. The summed E-state index contributed by atoms with van der Waals surface area (Å²) < 4.78 is 10.6. The number of benzene rings is 2. The minimum Gasteiger partial charge on any atom is -0.480 e. The molecule has 4 N–H and O–H groups in total. The van der Waals surface area contributed by atoms with Crippen LogP contribution < -0.4 is 10.6 Å². The van der Waals surface area contributed by atoms with Crippen LogP contribution in [0.3, 0.4) is 0 Å². The van der Waals surface area contributed by atoms with E-state index in [2.05, 4.69) is 15.6 Å². The maximum Gasteiger partial charge on any atom is 0.407 e. The fraction of sp³-hybridized carbons (Fsp3) is 0.250. The van der Waals surface area contributed by atoms with Gasteiger partial charge < -0.3 is 30.0 Å². The number of nitrogens with one attached hydrogen (secondary N) is 2. The largest absolute Gasteiger partial charge is 0.480 e. The van der Waals surface area contributed by atoms with E-state index < -0.39 is 30.6 Å². The van der Waals surface area contributed by atoms with Crippen LogP contribution >= 0.6 is 0 Å². The second-order valence-corrected chi connectivity index (χ2v) is 7.68. The Balaban J connectivity index is 1.35. The third-order valence-electron chi connectivity index (χ3n) is 5.61. The molecule has 1 heterocycles. The molecule has 0 saturated heterocycles. The number of carbonyl (C=O) groups is 3. The highest BCUT2D eigenvalue weighted by molar-refractivity contribution is 5.95. The molecule has 0 radical (unpaired) electrons. The van der Waals surface area contributed by atoms with Crippen LogP contribution in [0, 0.1) is 0 Å². The molecule has 4 rings (SSSR count). The highest BCUT2D eigenvalue weighted by Crippen LogP contribution is 2.44. The first-order valence-electron chi connectivity index (χ1n) is 10.6. The first-order chi connectivity index (χ1) is 16.5. The van der Waals surface area contributed by atoms with Gasteiger partial charge in [0, 0.05) is 18.9 Å². The van der Waals surface area contributed by atoms with Gasteiger partial charge in [-0.15, -0.1) is 0 Å². The van der Waals surface area contributed by atoms with Gasteiger partial charge >= 0.3 is 12.1 Å². The van der Waals surface area contributed by atoms with Crippen LogP contribution in [-0.4, -0.2) is 52.4 Å². The number of carboxylic acids is 1. The molecule has 176 valence electrons. The van der Waals surface area contributed by atoms with Crippen LogP contribution in [0.4, 0.5) is 4.79 Å². The van der Waals surface area contributed by atoms with E-state index >= 15 is 0 Å². The second-order valence-electron chi connectivity index (χ2n) is 7.68. The van der Waals surface area contributed by atoms with Gasteiger partial charge in [0.2, 0.25) is 0 Å². The quantitative estimate of drug-likeness (QED) is 0.376. The van der Waals surface area contributed by atoms with Gasteiger partial charge in [-0.25, -0.2) is 14.6 Å². The molecule has 10 nitrogen and oxygen atoms in total. The number of hydrogen-bond acceptors (Lipinski definition) is 7. The summed E-state index contributed by atoms with van der Waals surface area (Å²) >= 11 is 0. The van der Waals surface area contributed by atoms with E-state index in [1.807, 2.05) is 48.5 Å². The van der Waals surface area contributed by atoms with E-state index in [0.29, 0.717) is 0 Å². The highest BCUT2D eigenvalue weighted by atomic mass is 16.5. The number of nitrogens with zero attached hydrogens (tertiary/aromatic N) is 1. The van der Waals surface area contributed by atoms with Crippen LogP contribution in [0.5, 0.6) is 0 Å². The first kappa shape index (κ1) is 23.0. The maximum absolute atomic E-state index is 12.4. The van der Waals surface area contributed by atoms with Crippen LogP contribution in [0.1, 0.15) is 39.7 Å². The van der Waals surface area contributed by atoms with E-state index in [1.165, 1.54) is 0 Å². The molecule has 0 bridgehead atoms. The zero-order valence-electron chi connectivity index (χ0n) is 18.1. The number of aliphatic carboxylic acids is 1. The Kier molecular flexibility index (Phi) is 6.88. The number of hydrogen-bond donors (Lipinski definition) is 4. The van der Waals surface area contributed by atoms with Gasteiger partial charge in [0.25, 0.3) is 5.91 Å². The SMILES string of the molecule is O=C(NCc1ocnc1C(=O)N[C@H](CCO)C(=O)O)OCC1c2ccccc2-c2ccccc21. The predicted octanol–water partition coefficient (Wildman–Crippen LogP) is 2.28. The molecule has 1 aliphatic carbocycles. The number of aliphatic hydroxyl groups is 1. The van der Waals surface area contributed by atoms with Crippen molar-refractivity contribution in [2.45, 2.75) is 24.9 Å². The fourth-order valence-corrected chi connectivity index (χ4v) is 4.00. The van der Waals surface area contributed by atoms with E-state index in [1.54, 1.807) is 0 Å². The molecular formula is C24H23N3O7. The summed E-state index contributed by atoms with van der Waals surface area (Å²) in [5.41, 5.74) is 4.24. The van der Waals surface area contributed by atoms with E-state index in [9.17, 15) is 14.4 Å². The Labute approximate surface area is 194 Å². The summed E-state index contributed by atoms with van der Waals surface area (Å²) in [5.74, 6) is -2.13. The monoisotopic (exact) mass is 465 g/mol. The molecule has 34 heavy (non-hydrogen) atoms. The summed E-state index contributed by atoms with van der Waals surface area (Å²) in [6.07, 6.45) is 0.158. The molecule has 2 aromatic carbocycles. The molecule has 1 atom stereocenters. The molecule has 2 amide bonds. The third kappa shape index (κ3) is 4.76. The molecule has 1 aliphatic rings. The average molecular weight is 465 g/mol. The van der Waals surface area contributed by atoms with E-state index in [0.717, 1.165) is 28.6 Å². The number of amides is 2. The van der Waals surface area contributed by atoms with Crippen molar-refractivity contribution in [3.05, 3.63) is 77.5 Å². The molecule has 1 aromatic heterocycles. The van der Waals surface area contributed by atoms with Crippen LogP contribution in [0.15, 0.2) is 59.3 Å². The number of alkyl carbamates (subject to hydrolysis) is 1. The Bertz CT molecular complexity index is 1160. The lowest BCUT2D eigenvalue weighted by Gasteiger charge is -2.14. The highest BCUT2D eigenvalue weighted by Gasteiger charge is 2.29. The van der Waals surface area contributed by atoms with Gasteiger partial charge in [-0.2, -0.15) is 0 Å². The molecule has 0 aliphatic heterocycles. The number of ether oxygens (including phenoxy) is 1. The summed E-state index contributed by atoms with van der Waals surface area (Å²) in [7, 11) is 0. The molecular weight excluding hydrogens is 442 g/mol. The van der Waals surface area contributed by atoms with Crippen molar-refractivity contribution in [2.24, 2.45) is 0 Å². The minimum atomic E-state index is -1.29. The number of oxazole rings is 1. The van der Waals surface area contributed by atoms with Crippen molar-refractivity contribution < 1.29 is 33.8 Å². The fourth-order valence-electron chi connectivity index (χ4n) is 4.00. The molecule has 3 aromatic rings. The van der Waals surface area contributed by atoms with Gasteiger partial charge in [0.1, 0.15) is 12.6 Å². The lowest BCUT2D eigenvalue weighted by Crippen LogP contribution is -2.42. The number of carbonyl (C=O) groups excluding carboxylic acids is 2. The molecule has 0 unspecified atom stereocenters. The zero-order chi connectivity index (χ0) is 24.1. The smallest absolute Gasteiger partial charge is 0.407 e. The average Bonchev–Trinajstić information content (AvgIpc) is 3.44. The van der Waals surface area contributed by atoms with Crippen molar-refractivity contribution >= 4 is 18.0 Å². The minimum absolute atomic E-state index is 0.0409. The van der Waals surface area contributed by atoms with E-state index in [4.69, 9.17) is 19.4 Å². The topological polar surface area (TPSA) is 151 Å². The molecule has 0 saturated carbocycles. The number of fused-ring (bicyclic) bond motifs is 3. The lowest BCUT2D eigenvalue weighted by molar-refractivity contribution is -0.139. The van der Waals surface area contributed by atoms with Crippen molar-refractivity contribution in [3.63, 3.8) is 0 Å². The maximum atomic E-state index is 12.4. The van der Waals surface area contributed by atoms with Crippen LogP contribution in [0.25, 0.3) is 11.1 Å². The standard InChI is InChI=1S/C24H23N3O7/c28-10-9-19(23(30)31)27-22(29)21-20(34-13-26-21)11-25-24(32)33-12-18-16-7-3-1-5-14(16)15-6-2-4-8-17(15)18/h1-8,13,18-19,28H,9-12H2,(H,25,32)(H,27,29)(H,30,31)/t19-/m1/s1. The summed E-state index contributed by atoms with van der Waals surface area (Å²) in [5, 5.41) is 22.9. The van der Waals surface area contributed by atoms with E-state index in [-0.39, 0.29) is 36.9 Å². The Morgan fingerprint density at radius 2 is 1.71 bits per heavy atom. The Morgan fingerprint density at radius 3 is 2.32 bits per heavy atom. The summed E-state index contributed by atoms with van der Waals surface area (Å²) in [4.78, 5) is 39.7. The van der Waals surface area contributed by atoms with Crippen molar-refractivity contribution in [1.29, 1.82) is 0 Å². The van der Waals surface area contributed by atoms with Crippen molar-refractivity contribution in [2.75, 3.05) is 13.2 Å². The van der Waals surface area contributed by atoms with Gasteiger partial charge in [0.15, 0.2) is 17.8 Å². The number of aromatic nitrogens is 1. The summed E-state index contributed by atoms with van der Waals surface area (Å²) in [6.45, 7) is -0.464. The van der Waals surface area contributed by atoms with Crippen LogP contribution in [-0.2, 0) is 16.1 Å². The second kappa shape index (κ2) is 10.2. The molecule has 10 heteroatoms. The lowest BCUT2D eigenvalue weighted by atomic mass is 9.98. The Hall–Kier alpha value is -4.18. The van der Waals surface area contributed by atoms with Crippen molar-refractivity contribution in [3.8, 4) is 11.1 Å². The van der Waals surface area contributed by atoms with Gasteiger partial charge in [-0.1, -0.05) is 48.5 Å². The van der Waals surface area contributed by atoms with Gasteiger partial charge in [0.05, 0.1) is 6.54 Å². The molecule has 0 fully saturated rings. The van der Waals surface area contributed by atoms with Gasteiger partial charge in [-0.05, 0) is 22.3 Å². The third-order valence-corrected chi connectivity index (χ3v) is 5.61. The van der Waals surface area contributed by atoms with Gasteiger partial charge in [-0.3, -0.25) is 4.79 Å².